The number of halogens is 1. The van der Waals surface area contributed by atoms with Crippen LogP contribution in [0.3, 0.4) is 0 Å². The third-order valence-electron chi connectivity index (χ3n) is 4.79. The van der Waals surface area contributed by atoms with Gasteiger partial charge in [0.2, 0.25) is 10.0 Å². The zero-order valence-electron chi connectivity index (χ0n) is 14.1. The van der Waals surface area contributed by atoms with Crippen molar-refractivity contribution in [1.29, 1.82) is 0 Å². The molecule has 1 aliphatic heterocycles. The Morgan fingerprint density at radius 3 is 2.77 bits per heavy atom. The van der Waals surface area contributed by atoms with Gasteiger partial charge in [0.25, 0.3) is 0 Å². The van der Waals surface area contributed by atoms with Crippen molar-refractivity contribution in [3.63, 3.8) is 0 Å². The number of rotatable bonds is 4. The minimum Gasteiger partial charge on any atom is -0.355 e. The highest BCUT2D eigenvalue weighted by Gasteiger charge is 2.35. The molecule has 3 heterocycles. The first-order valence-electron chi connectivity index (χ1n) is 8.23. The van der Waals surface area contributed by atoms with E-state index in [-0.39, 0.29) is 10.9 Å². The number of nitrogens with one attached hydrogen (secondary N) is 1. The van der Waals surface area contributed by atoms with Gasteiger partial charge in [-0.2, -0.15) is 4.31 Å². The maximum absolute atomic E-state index is 13.1. The highest BCUT2D eigenvalue weighted by molar-refractivity contribution is 7.89. The number of H-pyrrole nitrogens is 1. The van der Waals surface area contributed by atoms with Gasteiger partial charge in [0.15, 0.2) is 0 Å². The van der Waals surface area contributed by atoms with Crippen LogP contribution in [0.2, 0.25) is 0 Å². The zero-order valence-corrected chi connectivity index (χ0v) is 14.9. The Hall–Kier alpha value is -2.52. The molecule has 2 aromatic heterocycles. The first kappa shape index (κ1) is 16.9. The van der Waals surface area contributed by atoms with Gasteiger partial charge in [-0.1, -0.05) is 0 Å². The Balaban J connectivity index is 1.56. The van der Waals surface area contributed by atoms with E-state index in [1.807, 2.05) is 18.0 Å². The standard InChI is InChI=1S/C17H18FN5O2S/c1-22(17-15-6-8-19-16(15)20-11-21-17)13-7-9-23(10-13)26(24,25)14-4-2-12(18)3-5-14/h2-6,8,11,13H,7,9-10H2,1H3,(H,19,20,21). The van der Waals surface area contributed by atoms with E-state index in [1.54, 1.807) is 6.20 Å². The van der Waals surface area contributed by atoms with Crippen LogP contribution in [-0.2, 0) is 10.0 Å². The quantitative estimate of drug-likeness (QED) is 0.754. The van der Waals surface area contributed by atoms with Gasteiger partial charge in [0.05, 0.1) is 10.3 Å². The van der Waals surface area contributed by atoms with Crippen LogP contribution in [-0.4, -0.2) is 53.9 Å². The topological polar surface area (TPSA) is 82.2 Å². The average Bonchev–Trinajstić information content (AvgIpc) is 3.31. The summed E-state index contributed by atoms with van der Waals surface area (Å²) in [5, 5.41) is 0.898. The van der Waals surface area contributed by atoms with Crippen LogP contribution in [0.4, 0.5) is 10.2 Å². The second kappa shape index (κ2) is 6.33. The number of anilines is 1. The molecule has 0 spiro atoms. The molecule has 7 nitrogen and oxygen atoms in total. The lowest BCUT2D eigenvalue weighted by atomic mass is 10.2. The van der Waals surface area contributed by atoms with Crippen molar-refractivity contribution < 1.29 is 12.8 Å². The first-order valence-corrected chi connectivity index (χ1v) is 9.67. The lowest BCUT2D eigenvalue weighted by molar-refractivity contribution is 0.470. The van der Waals surface area contributed by atoms with Crippen LogP contribution in [0, 0.1) is 5.82 Å². The van der Waals surface area contributed by atoms with Gasteiger partial charge in [0.1, 0.15) is 23.6 Å². The van der Waals surface area contributed by atoms with Crippen LogP contribution < -0.4 is 4.90 Å². The summed E-state index contributed by atoms with van der Waals surface area (Å²) in [4.78, 5) is 13.7. The molecule has 0 amide bonds. The highest BCUT2D eigenvalue weighted by atomic mass is 32.2. The van der Waals surface area contributed by atoms with Gasteiger partial charge in [-0.05, 0) is 36.8 Å². The van der Waals surface area contributed by atoms with Crippen molar-refractivity contribution >= 4 is 26.9 Å². The third kappa shape index (κ3) is 2.82. The number of sulfonamides is 1. The number of aromatic nitrogens is 3. The number of hydrogen-bond acceptors (Lipinski definition) is 5. The van der Waals surface area contributed by atoms with Crippen molar-refractivity contribution in [1.82, 2.24) is 19.3 Å². The maximum atomic E-state index is 13.1. The molecule has 9 heteroatoms. The molecular weight excluding hydrogens is 357 g/mol. The van der Waals surface area contributed by atoms with Crippen molar-refractivity contribution in [2.24, 2.45) is 0 Å². The minimum atomic E-state index is -3.63. The predicted molar refractivity (Wildman–Crippen MR) is 95.9 cm³/mol. The Kier molecular flexibility index (Phi) is 4.12. The summed E-state index contributed by atoms with van der Waals surface area (Å²) < 4.78 is 40.1. The molecule has 1 fully saturated rings. The van der Waals surface area contributed by atoms with E-state index >= 15 is 0 Å². The fourth-order valence-corrected chi connectivity index (χ4v) is 4.81. The Morgan fingerprint density at radius 1 is 1.23 bits per heavy atom. The molecule has 0 aliphatic carbocycles. The average molecular weight is 375 g/mol. The van der Waals surface area contributed by atoms with Crippen LogP contribution in [0.1, 0.15) is 6.42 Å². The van der Waals surface area contributed by atoms with Crippen molar-refractivity contribution in [3.05, 3.63) is 48.7 Å². The number of aromatic amines is 1. The van der Waals surface area contributed by atoms with Gasteiger partial charge in [-0.3, -0.25) is 0 Å². The fourth-order valence-electron chi connectivity index (χ4n) is 3.31. The number of hydrogen-bond donors (Lipinski definition) is 1. The molecule has 0 saturated carbocycles. The van der Waals surface area contributed by atoms with Gasteiger partial charge in [0, 0.05) is 32.4 Å². The van der Waals surface area contributed by atoms with E-state index in [0.717, 1.165) is 29.0 Å². The SMILES string of the molecule is CN(c1ncnc2[nH]ccc12)C1CCN(S(=O)(=O)c2ccc(F)cc2)C1. The first-order chi connectivity index (χ1) is 12.5. The van der Waals surface area contributed by atoms with Gasteiger partial charge >= 0.3 is 0 Å². The Bertz CT molecular complexity index is 1030. The summed E-state index contributed by atoms with van der Waals surface area (Å²) in [7, 11) is -1.72. The Labute approximate surface area is 150 Å². The summed E-state index contributed by atoms with van der Waals surface area (Å²) in [6.07, 6.45) is 3.98. The largest absolute Gasteiger partial charge is 0.355 e. The number of fused-ring (bicyclic) bond motifs is 1. The van der Waals surface area contributed by atoms with Gasteiger partial charge in [-0.15, -0.1) is 0 Å². The van der Waals surface area contributed by atoms with Crippen LogP contribution >= 0.6 is 0 Å². The summed E-state index contributed by atoms with van der Waals surface area (Å²) in [5.41, 5.74) is 0.746. The molecule has 0 radical (unpaired) electrons. The molecule has 1 aromatic carbocycles. The molecule has 1 N–H and O–H groups in total. The monoisotopic (exact) mass is 375 g/mol. The number of nitrogens with zero attached hydrogens (tertiary/aromatic N) is 4. The summed E-state index contributed by atoms with van der Waals surface area (Å²) >= 11 is 0. The molecule has 4 rings (SSSR count). The van der Waals surface area contributed by atoms with E-state index in [9.17, 15) is 12.8 Å². The second-order valence-electron chi connectivity index (χ2n) is 6.31. The van der Waals surface area contributed by atoms with Crippen molar-refractivity contribution in [2.75, 3.05) is 25.0 Å². The van der Waals surface area contributed by atoms with E-state index in [0.29, 0.717) is 19.5 Å². The number of benzene rings is 1. The predicted octanol–water partition coefficient (Wildman–Crippen LogP) is 2.00. The molecule has 26 heavy (non-hydrogen) atoms. The molecule has 136 valence electrons. The molecule has 1 unspecified atom stereocenters. The maximum Gasteiger partial charge on any atom is 0.243 e. The lowest BCUT2D eigenvalue weighted by Gasteiger charge is -2.26. The second-order valence-corrected chi connectivity index (χ2v) is 8.25. The molecular formula is C17H18FN5O2S. The van der Waals surface area contributed by atoms with Crippen molar-refractivity contribution in [3.8, 4) is 0 Å². The minimum absolute atomic E-state index is 0.00165. The molecule has 0 bridgehead atoms. The van der Waals surface area contributed by atoms with Crippen LogP contribution in [0.5, 0.6) is 0 Å². The van der Waals surface area contributed by atoms with Crippen LogP contribution in [0.25, 0.3) is 11.0 Å². The molecule has 3 aromatic rings. The zero-order chi connectivity index (χ0) is 18.3. The molecule has 1 atom stereocenters. The fraction of sp³-hybridized carbons (Fsp3) is 0.294. The van der Waals surface area contributed by atoms with E-state index in [4.69, 9.17) is 0 Å². The van der Waals surface area contributed by atoms with E-state index in [1.165, 1.54) is 22.8 Å². The van der Waals surface area contributed by atoms with E-state index in [2.05, 4.69) is 15.0 Å². The summed E-state index contributed by atoms with van der Waals surface area (Å²) in [5.74, 6) is 0.310. The van der Waals surface area contributed by atoms with Gasteiger partial charge in [-0.25, -0.2) is 22.8 Å². The lowest BCUT2D eigenvalue weighted by Crippen LogP contribution is -2.37. The van der Waals surface area contributed by atoms with Gasteiger partial charge < -0.3 is 9.88 Å². The number of likely N-dealkylation sites (N-methyl/N-ethyl adjacent to an activating group) is 1. The van der Waals surface area contributed by atoms with Crippen molar-refractivity contribution in [2.45, 2.75) is 17.4 Å². The highest BCUT2D eigenvalue weighted by Crippen LogP contribution is 2.28. The summed E-state index contributed by atoms with van der Waals surface area (Å²) in [6, 6.07) is 6.83. The van der Waals surface area contributed by atoms with E-state index < -0.39 is 15.8 Å². The van der Waals surface area contributed by atoms with Crippen LogP contribution in [0.15, 0.2) is 47.8 Å². The smallest absolute Gasteiger partial charge is 0.243 e. The normalized spacial score (nSPS) is 18.5. The molecule has 1 saturated heterocycles. The summed E-state index contributed by atoms with van der Waals surface area (Å²) in [6.45, 7) is 0.766. The molecule has 1 aliphatic rings. The third-order valence-corrected chi connectivity index (χ3v) is 6.67. The Morgan fingerprint density at radius 2 is 2.00 bits per heavy atom.